The van der Waals surface area contributed by atoms with Gasteiger partial charge in [-0.15, -0.1) is 0 Å². The molecule has 1 aliphatic rings. The molecule has 0 aromatic carbocycles. The fourth-order valence-electron chi connectivity index (χ4n) is 2.14. The van der Waals surface area contributed by atoms with Crippen LogP contribution in [0.5, 0.6) is 0 Å². The normalized spacial score (nSPS) is 21.7. The molecule has 0 spiro atoms. The van der Waals surface area contributed by atoms with Gasteiger partial charge in [0.1, 0.15) is 0 Å². The summed E-state index contributed by atoms with van der Waals surface area (Å²) in [7, 11) is 1.81. The number of carbonyl (C=O) groups is 1. The van der Waals surface area contributed by atoms with E-state index in [-0.39, 0.29) is 6.09 Å². The topological polar surface area (TPSA) is 32.8 Å². The number of likely N-dealkylation sites (tertiary alicyclic amines) is 1. The van der Waals surface area contributed by atoms with Crippen molar-refractivity contribution in [1.82, 2.24) is 9.80 Å². The minimum Gasteiger partial charge on any atom is -0.450 e. The first kappa shape index (κ1) is 12.3. The highest BCUT2D eigenvalue weighted by Crippen LogP contribution is 2.17. The van der Waals surface area contributed by atoms with Crippen molar-refractivity contribution >= 4 is 6.09 Å². The number of amides is 1. The Morgan fingerprint density at radius 3 is 2.87 bits per heavy atom. The summed E-state index contributed by atoms with van der Waals surface area (Å²) in [5.74, 6) is 0. The first-order valence-electron chi connectivity index (χ1n) is 5.81. The van der Waals surface area contributed by atoms with Gasteiger partial charge in [0, 0.05) is 19.6 Å². The minimum absolute atomic E-state index is 0.208. The van der Waals surface area contributed by atoms with E-state index in [0.29, 0.717) is 12.6 Å². The van der Waals surface area contributed by atoms with Crippen LogP contribution in [0.15, 0.2) is 0 Å². The second-order valence-corrected chi connectivity index (χ2v) is 4.00. The van der Waals surface area contributed by atoms with Crippen LogP contribution in [-0.2, 0) is 4.74 Å². The maximum absolute atomic E-state index is 11.4. The average Bonchev–Trinajstić information content (AvgIpc) is 2.65. The highest BCUT2D eigenvalue weighted by atomic mass is 16.5. The van der Waals surface area contributed by atoms with Crippen LogP contribution in [0.3, 0.4) is 0 Å². The number of ether oxygens (including phenoxy) is 1. The molecule has 1 atom stereocenters. The van der Waals surface area contributed by atoms with Crippen LogP contribution in [0.25, 0.3) is 0 Å². The van der Waals surface area contributed by atoms with E-state index < -0.39 is 0 Å². The molecule has 1 unspecified atom stereocenters. The Hall–Kier alpha value is -0.770. The highest BCUT2D eigenvalue weighted by Gasteiger charge is 2.25. The van der Waals surface area contributed by atoms with Gasteiger partial charge in [0.25, 0.3) is 0 Å². The standard InChI is InChI=1S/C11H22N2O2/c1-4-13-8-6-7-10(13)9-12(3)11(14)15-5-2/h10H,4-9H2,1-3H3. The summed E-state index contributed by atoms with van der Waals surface area (Å²) in [5.41, 5.74) is 0. The number of hydrogen-bond donors (Lipinski definition) is 0. The number of likely N-dealkylation sites (N-methyl/N-ethyl adjacent to an activating group) is 2. The van der Waals surface area contributed by atoms with E-state index in [1.807, 2.05) is 14.0 Å². The van der Waals surface area contributed by atoms with Crippen molar-refractivity contribution < 1.29 is 9.53 Å². The van der Waals surface area contributed by atoms with E-state index in [9.17, 15) is 4.79 Å². The molecule has 15 heavy (non-hydrogen) atoms. The van der Waals surface area contributed by atoms with Gasteiger partial charge < -0.3 is 9.64 Å². The van der Waals surface area contributed by atoms with Gasteiger partial charge in [-0.25, -0.2) is 4.79 Å². The fraction of sp³-hybridized carbons (Fsp3) is 0.909. The molecule has 1 fully saturated rings. The van der Waals surface area contributed by atoms with E-state index in [1.54, 1.807) is 4.90 Å². The molecule has 0 saturated carbocycles. The Bertz CT molecular complexity index is 209. The maximum atomic E-state index is 11.4. The lowest BCUT2D eigenvalue weighted by atomic mass is 10.2. The number of hydrogen-bond acceptors (Lipinski definition) is 3. The first-order valence-corrected chi connectivity index (χ1v) is 5.81. The van der Waals surface area contributed by atoms with Gasteiger partial charge in [-0.3, -0.25) is 4.90 Å². The lowest BCUT2D eigenvalue weighted by Crippen LogP contribution is -2.41. The van der Waals surface area contributed by atoms with Crippen molar-refractivity contribution in [1.29, 1.82) is 0 Å². The molecule has 0 bridgehead atoms. The third-order valence-corrected chi connectivity index (χ3v) is 2.97. The van der Waals surface area contributed by atoms with Crippen molar-refractivity contribution in [3.63, 3.8) is 0 Å². The van der Waals surface area contributed by atoms with Crippen molar-refractivity contribution in [2.75, 3.05) is 33.3 Å². The van der Waals surface area contributed by atoms with Crippen LogP contribution >= 0.6 is 0 Å². The zero-order valence-electron chi connectivity index (χ0n) is 10.0. The Balaban J connectivity index is 2.36. The van der Waals surface area contributed by atoms with Gasteiger partial charge in [-0.1, -0.05) is 6.92 Å². The molecular weight excluding hydrogens is 192 g/mol. The van der Waals surface area contributed by atoms with Crippen LogP contribution in [0, 0.1) is 0 Å². The molecule has 1 saturated heterocycles. The molecule has 0 aromatic rings. The molecular formula is C11H22N2O2. The Morgan fingerprint density at radius 1 is 1.53 bits per heavy atom. The lowest BCUT2D eigenvalue weighted by molar-refractivity contribution is 0.105. The second-order valence-electron chi connectivity index (χ2n) is 4.00. The molecule has 1 amide bonds. The maximum Gasteiger partial charge on any atom is 0.409 e. The van der Waals surface area contributed by atoms with Crippen molar-refractivity contribution in [3.8, 4) is 0 Å². The fourth-order valence-corrected chi connectivity index (χ4v) is 2.14. The summed E-state index contributed by atoms with van der Waals surface area (Å²) in [5, 5.41) is 0. The SMILES string of the molecule is CCOC(=O)N(C)CC1CCCN1CC. The largest absolute Gasteiger partial charge is 0.450 e. The minimum atomic E-state index is -0.208. The lowest BCUT2D eigenvalue weighted by Gasteiger charge is -2.27. The predicted molar refractivity (Wildman–Crippen MR) is 59.9 cm³/mol. The molecule has 1 heterocycles. The molecule has 4 heteroatoms. The van der Waals surface area contributed by atoms with E-state index in [4.69, 9.17) is 4.74 Å². The van der Waals surface area contributed by atoms with Crippen molar-refractivity contribution in [3.05, 3.63) is 0 Å². The molecule has 1 aliphatic heterocycles. The Morgan fingerprint density at radius 2 is 2.27 bits per heavy atom. The first-order chi connectivity index (χ1) is 7.19. The Labute approximate surface area is 92.2 Å². The molecule has 0 radical (unpaired) electrons. The highest BCUT2D eigenvalue weighted by molar-refractivity contribution is 5.67. The van der Waals surface area contributed by atoms with Crippen LogP contribution < -0.4 is 0 Å². The van der Waals surface area contributed by atoms with Crippen LogP contribution in [0.1, 0.15) is 26.7 Å². The van der Waals surface area contributed by atoms with Gasteiger partial charge in [-0.2, -0.15) is 0 Å². The van der Waals surface area contributed by atoms with Crippen LogP contribution in [0.2, 0.25) is 0 Å². The predicted octanol–water partition coefficient (Wildman–Crippen LogP) is 1.56. The van der Waals surface area contributed by atoms with Crippen LogP contribution in [-0.4, -0.2) is 55.2 Å². The summed E-state index contributed by atoms with van der Waals surface area (Å²) in [6.07, 6.45) is 2.23. The Kier molecular flexibility index (Phi) is 4.88. The third kappa shape index (κ3) is 3.38. The van der Waals surface area contributed by atoms with Gasteiger partial charge >= 0.3 is 6.09 Å². The van der Waals surface area contributed by atoms with Crippen LogP contribution in [0.4, 0.5) is 4.79 Å². The smallest absolute Gasteiger partial charge is 0.409 e. The third-order valence-electron chi connectivity index (χ3n) is 2.97. The van der Waals surface area contributed by atoms with Gasteiger partial charge in [-0.05, 0) is 32.9 Å². The monoisotopic (exact) mass is 214 g/mol. The molecule has 1 rings (SSSR count). The van der Waals surface area contributed by atoms with Gasteiger partial charge in [0.2, 0.25) is 0 Å². The molecule has 0 aliphatic carbocycles. The summed E-state index contributed by atoms with van der Waals surface area (Å²) in [4.78, 5) is 15.5. The zero-order valence-corrected chi connectivity index (χ0v) is 10.0. The quantitative estimate of drug-likeness (QED) is 0.712. The summed E-state index contributed by atoms with van der Waals surface area (Å²) in [6.45, 7) is 7.47. The molecule has 0 N–H and O–H groups in total. The number of carbonyl (C=O) groups excluding carboxylic acids is 1. The van der Waals surface area contributed by atoms with E-state index in [0.717, 1.165) is 19.6 Å². The van der Waals surface area contributed by atoms with Gasteiger partial charge in [0.05, 0.1) is 6.61 Å². The van der Waals surface area contributed by atoms with E-state index in [2.05, 4.69) is 11.8 Å². The summed E-state index contributed by atoms with van der Waals surface area (Å²) >= 11 is 0. The second kappa shape index (κ2) is 5.95. The van der Waals surface area contributed by atoms with Gasteiger partial charge in [0.15, 0.2) is 0 Å². The number of rotatable bonds is 4. The zero-order chi connectivity index (χ0) is 11.3. The van der Waals surface area contributed by atoms with Crippen molar-refractivity contribution in [2.45, 2.75) is 32.7 Å². The van der Waals surface area contributed by atoms with Crippen molar-refractivity contribution in [2.24, 2.45) is 0 Å². The average molecular weight is 214 g/mol. The molecule has 0 aromatic heterocycles. The van der Waals surface area contributed by atoms with E-state index in [1.165, 1.54) is 12.8 Å². The number of nitrogens with zero attached hydrogens (tertiary/aromatic N) is 2. The van der Waals surface area contributed by atoms with E-state index >= 15 is 0 Å². The summed E-state index contributed by atoms with van der Waals surface area (Å²) in [6, 6.07) is 0.518. The molecule has 88 valence electrons. The summed E-state index contributed by atoms with van der Waals surface area (Å²) < 4.78 is 4.95. The molecule has 4 nitrogen and oxygen atoms in total.